The van der Waals surface area contributed by atoms with Gasteiger partial charge in [-0.05, 0) is 49.4 Å². The molecule has 0 bridgehead atoms. The highest BCUT2D eigenvalue weighted by atomic mass is 19.4. The number of rotatable bonds is 7. The molecule has 2 aromatic carbocycles. The minimum Gasteiger partial charge on any atom is -0.494 e. The summed E-state index contributed by atoms with van der Waals surface area (Å²) in [6, 6.07) is 11.8. The highest BCUT2D eigenvalue weighted by Gasteiger charge is 2.30. The number of halogens is 3. The first-order valence-electron chi connectivity index (χ1n) is 9.00. The number of amides is 1. The minimum absolute atomic E-state index is 0.0273. The first-order chi connectivity index (χ1) is 13.8. The molecule has 0 aliphatic rings. The molecule has 0 spiro atoms. The van der Waals surface area contributed by atoms with Crippen LogP contribution in [0.5, 0.6) is 5.75 Å². The van der Waals surface area contributed by atoms with E-state index in [2.05, 4.69) is 10.3 Å². The molecule has 5 nitrogen and oxygen atoms in total. The molecule has 0 saturated carbocycles. The zero-order valence-electron chi connectivity index (χ0n) is 15.6. The van der Waals surface area contributed by atoms with Gasteiger partial charge in [0.05, 0.1) is 18.4 Å². The van der Waals surface area contributed by atoms with Gasteiger partial charge in [0.1, 0.15) is 5.75 Å². The van der Waals surface area contributed by atoms with Crippen LogP contribution in [0.2, 0.25) is 0 Å². The highest BCUT2D eigenvalue weighted by Crippen LogP contribution is 2.30. The summed E-state index contributed by atoms with van der Waals surface area (Å²) < 4.78 is 49.3. The molecule has 0 aliphatic heterocycles. The highest BCUT2D eigenvalue weighted by molar-refractivity contribution is 5.90. The SMILES string of the molecule is CCOc1ccc(-c2cnc(CCC(=O)Nc3cccc(C(F)(F)F)c3)o2)cc1. The molecule has 0 saturated heterocycles. The van der Waals surface area contributed by atoms with Crippen molar-refractivity contribution in [3.63, 3.8) is 0 Å². The number of nitrogens with one attached hydrogen (secondary N) is 1. The molecule has 0 aliphatic carbocycles. The van der Waals surface area contributed by atoms with Crippen LogP contribution in [0.4, 0.5) is 18.9 Å². The van der Waals surface area contributed by atoms with Crippen molar-refractivity contribution in [1.29, 1.82) is 0 Å². The summed E-state index contributed by atoms with van der Waals surface area (Å²) in [6.07, 6.45) is -2.65. The summed E-state index contributed by atoms with van der Waals surface area (Å²) in [4.78, 5) is 16.2. The zero-order chi connectivity index (χ0) is 20.9. The van der Waals surface area contributed by atoms with Crippen molar-refractivity contribution in [2.75, 3.05) is 11.9 Å². The van der Waals surface area contributed by atoms with E-state index in [0.29, 0.717) is 18.3 Å². The lowest BCUT2D eigenvalue weighted by Crippen LogP contribution is -2.13. The first kappa shape index (κ1) is 20.4. The molecular weight excluding hydrogens is 385 g/mol. The lowest BCUT2D eigenvalue weighted by atomic mass is 10.2. The van der Waals surface area contributed by atoms with Gasteiger partial charge in [-0.1, -0.05) is 6.07 Å². The Hall–Kier alpha value is -3.29. The summed E-state index contributed by atoms with van der Waals surface area (Å²) in [5.74, 6) is 1.25. The van der Waals surface area contributed by atoms with E-state index in [4.69, 9.17) is 9.15 Å². The average molecular weight is 404 g/mol. The van der Waals surface area contributed by atoms with Gasteiger partial charge in [-0.3, -0.25) is 4.79 Å². The molecule has 0 unspecified atom stereocenters. The molecule has 0 radical (unpaired) electrons. The lowest BCUT2D eigenvalue weighted by molar-refractivity contribution is -0.137. The van der Waals surface area contributed by atoms with Gasteiger partial charge in [0.15, 0.2) is 11.7 Å². The second-order valence-electron chi connectivity index (χ2n) is 6.20. The molecule has 1 heterocycles. The number of hydrogen-bond acceptors (Lipinski definition) is 4. The standard InChI is InChI=1S/C21H19F3N2O3/c1-2-28-17-8-6-14(7-9-17)18-13-25-20(29-18)11-10-19(27)26-16-5-3-4-15(12-16)21(22,23)24/h3-9,12-13H,2,10-11H2,1H3,(H,26,27). The molecule has 0 atom stereocenters. The summed E-state index contributed by atoms with van der Waals surface area (Å²) in [7, 11) is 0. The van der Waals surface area contributed by atoms with E-state index < -0.39 is 17.6 Å². The second kappa shape index (κ2) is 8.81. The number of oxazole rings is 1. The van der Waals surface area contributed by atoms with Crippen LogP contribution in [0.3, 0.4) is 0 Å². The third-order valence-electron chi connectivity index (χ3n) is 4.04. The molecule has 0 fully saturated rings. The fraction of sp³-hybridized carbons (Fsp3) is 0.238. The van der Waals surface area contributed by atoms with Crippen molar-refractivity contribution < 1.29 is 27.1 Å². The molecule has 1 N–H and O–H groups in total. The van der Waals surface area contributed by atoms with Crippen LogP contribution < -0.4 is 10.1 Å². The van der Waals surface area contributed by atoms with Gasteiger partial charge in [0, 0.05) is 24.1 Å². The molecule has 8 heteroatoms. The van der Waals surface area contributed by atoms with Crippen molar-refractivity contribution in [1.82, 2.24) is 4.98 Å². The van der Waals surface area contributed by atoms with E-state index in [1.165, 1.54) is 12.1 Å². The maximum absolute atomic E-state index is 12.7. The number of carbonyl (C=O) groups is 1. The Bertz CT molecular complexity index is 966. The van der Waals surface area contributed by atoms with Gasteiger partial charge in [-0.25, -0.2) is 4.98 Å². The molecule has 152 valence electrons. The number of benzene rings is 2. The number of carbonyl (C=O) groups excluding carboxylic acids is 1. The first-order valence-corrected chi connectivity index (χ1v) is 9.00. The number of aryl methyl sites for hydroxylation is 1. The summed E-state index contributed by atoms with van der Waals surface area (Å²) >= 11 is 0. The van der Waals surface area contributed by atoms with Gasteiger partial charge >= 0.3 is 6.18 Å². The fourth-order valence-corrected chi connectivity index (χ4v) is 2.66. The average Bonchev–Trinajstić information content (AvgIpc) is 3.16. The molecule has 3 rings (SSSR count). The van der Waals surface area contributed by atoms with Crippen LogP contribution in [-0.2, 0) is 17.4 Å². The van der Waals surface area contributed by atoms with Crippen molar-refractivity contribution in [2.45, 2.75) is 25.9 Å². The van der Waals surface area contributed by atoms with Crippen LogP contribution in [0, 0.1) is 0 Å². The van der Waals surface area contributed by atoms with E-state index in [0.717, 1.165) is 23.4 Å². The van der Waals surface area contributed by atoms with Crippen molar-refractivity contribution in [3.8, 4) is 17.1 Å². The van der Waals surface area contributed by atoms with Gasteiger partial charge in [-0.2, -0.15) is 13.2 Å². The molecular formula is C21H19F3N2O3. The maximum Gasteiger partial charge on any atom is 0.416 e. The normalized spacial score (nSPS) is 11.3. The number of ether oxygens (including phenoxy) is 1. The number of hydrogen-bond donors (Lipinski definition) is 1. The van der Waals surface area contributed by atoms with E-state index in [-0.39, 0.29) is 18.5 Å². The largest absolute Gasteiger partial charge is 0.494 e. The minimum atomic E-state index is -4.46. The predicted molar refractivity (Wildman–Crippen MR) is 102 cm³/mol. The zero-order valence-corrected chi connectivity index (χ0v) is 15.6. The Morgan fingerprint density at radius 2 is 1.93 bits per heavy atom. The number of nitrogens with zero attached hydrogens (tertiary/aromatic N) is 1. The molecule has 3 aromatic rings. The van der Waals surface area contributed by atoms with Gasteiger partial charge < -0.3 is 14.5 Å². The summed E-state index contributed by atoms with van der Waals surface area (Å²) in [6.45, 7) is 2.48. The van der Waals surface area contributed by atoms with E-state index >= 15 is 0 Å². The van der Waals surface area contributed by atoms with Crippen molar-refractivity contribution in [2.24, 2.45) is 0 Å². The number of alkyl halides is 3. The molecule has 1 amide bonds. The van der Waals surface area contributed by atoms with Crippen molar-refractivity contribution in [3.05, 3.63) is 66.2 Å². The maximum atomic E-state index is 12.7. The Morgan fingerprint density at radius 1 is 1.17 bits per heavy atom. The quantitative estimate of drug-likeness (QED) is 0.578. The Balaban J connectivity index is 1.56. The number of anilines is 1. The summed E-state index contributed by atoms with van der Waals surface area (Å²) in [5.41, 5.74) is 0.0934. The topological polar surface area (TPSA) is 64.4 Å². The van der Waals surface area contributed by atoms with Gasteiger partial charge in [-0.15, -0.1) is 0 Å². The molecule has 1 aromatic heterocycles. The van der Waals surface area contributed by atoms with Crippen LogP contribution in [0.25, 0.3) is 11.3 Å². The van der Waals surface area contributed by atoms with E-state index in [9.17, 15) is 18.0 Å². The van der Waals surface area contributed by atoms with E-state index in [1.54, 1.807) is 6.20 Å². The molecule has 29 heavy (non-hydrogen) atoms. The third kappa shape index (κ3) is 5.60. The van der Waals surface area contributed by atoms with Crippen molar-refractivity contribution >= 4 is 11.6 Å². The van der Waals surface area contributed by atoms with Crippen LogP contribution in [-0.4, -0.2) is 17.5 Å². The smallest absolute Gasteiger partial charge is 0.416 e. The third-order valence-corrected chi connectivity index (χ3v) is 4.04. The van der Waals surface area contributed by atoms with Gasteiger partial charge in [0.2, 0.25) is 5.91 Å². The number of aromatic nitrogens is 1. The van der Waals surface area contributed by atoms with Crippen LogP contribution in [0.15, 0.2) is 59.1 Å². The van der Waals surface area contributed by atoms with E-state index in [1.807, 2.05) is 31.2 Å². The lowest BCUT2D eigenvalue weighted by Gasteiger charge is -2.09. The van der Waals surface area contributed by atoms with Crippen LogP contribution in [0.1, 0.15) is 24.8 Å². The van der Waals surface area contributed by atoms with Gasteiger partial charge in [0.25, 0.3) is 0 Å². The second-order valence-corrected chi connectivity index (χ2v) is 6.20. The monoisotopic (exact) mass is 404 g/mol. The Labute approximate surface area is 165 Å². The van der Waals surface area contributed by atoms with Crippen LogP contribution >= 0.6 is 0 Å². The fourth-order valence-electron chi connectivity index (χ4n) is 2.66. The predicted octanol–water partition coefficient (Wildman–Crippen LogP) is 5.33. The summed E-state index contributed by atoms with van der Waals surface area (Å²) in [5, 5.41) is 2.46. The Kier molecular flexibility index (Phi) is 6.21. The Morgan fingerprint density at radius 3 is 2.62 bits per heavy atom.